The van der Waals surface area contributed by atoms with E-state index in [2.05, 4.69) is 4.98 Å². The molecule has 0 aliphatic carbocycles. The van der Waals surface area contributed by atoms with E-state index in [9.17, 15) is 4.79 Å². The Hall–Kier alpha value is -3.38. The van der Waals surface area contributed by atoms with Crippen LogP contribution in [0.1, 0.15) is 5.56 Å². The number of rotatable bonds is 7. The number of ether oxygens (including phenoxy) is 1. The number of hydrogen-bond acceptors (Lipinski definition) is 5. The molecule has 144 valence electrons. The fourth-order valence-corrected chi connectivity index (χ4v) is 2.77. The number of nitrogens with two attached hydrogens (primary N) is 1. The number of aromatic nitrogens is 1. The fraction of sp³-hybridized carbons (Fsp3) is 0.182. The van der Waals surface area contributed by atoms with Gasteiger partial charge in [0.25, 0.3) is 0 Å². The highest BCUT2D eigenvalue weighted by Gasteiger charge is 2.12. The van der Waals surface area contributed by atoms with Crippen LogP contribution in [0.3, 0.4) is 0 Å². The third-order valence-electron chi connectivity index (χ3n) is 4.28. The second-order valence-corrected chi connectivity index (χ2v) is 6.73. The standard InChI is InChI=1S/C22H23N3O3/c1-25(2)21-10-9-17(14-24-21)16-6-4-8-19(13-16)28-18-7-3-5-15(11-18)12-20(23)22(26)27/h3-11,13-14,20H,12,23H2,1-2H3,(H,26,27)/t20-/m0/s1. The van der Waals surface area contributed by atoms with Crippen molar-refractivity contribution < 1.29 is 14.6 Å². The van der Waals surface area contributed by atoms with Gasteiger partial charge in [0.2, 0.25) is 0 Å². The Labute approximate surface area is 164 Å². The van der Waals surface area contributed by atoms with Crippen molar-refractivity contribution in [1.29, 1.82) is 0 Å². The van der Waals surface area contributed by atoms with Gasteiger partial charge in [-0.3, -0.25) is 4.79 Å². The van der Waals surface area contributed by atoms with Crippen LogP contribution in [0, 0.1) is 0 Å². The van der Waals surface area contributed by atoms with E-state index in [0.717, 1.165) is 22.5 Å². The SMILES string of the molecule is CN(C)c1ccc(-c2cccc(Oc3cccc(C[C@H](N)C(=O)O)c3)c2)cn1. The number of carboxylic acid groups (broad SMARTS) is 1. The van der Waals surface area contributed by atoms with Gasteiger partial charge < -0.3 is 20.5 Å². The molecule has 3 aromatic rings. The summed E-state index contributed by atoms with van der Waals surface area (Å²) < 4.78 is 5.97. The highest BCUT2D eigenvalue weighted by atomic mass is 16.5. The first-order chi connectivity index (χ1) is 13.4. The van der Waals surface area contributed by atoms with E-state index in [1.54, 1.807) is 0 Å². The molecule has 0 aliphatic rings. The monoisotopic (exact) mass is 377 g/mol. The van der Waals surface area contributed by atoms with Crippen molar-refractivity contribution in [2.75, 3.05) is 19.0 Å². The topological polar surface area (TPSA) is 88.7 Å². The van der Waals surface area contributed by atoms with Gasteiger partial charge in [-0.05, 0) is 53.9 Å². The van der Waals surface area contributed by atoms with Crippen LogP contribution in [-0.4, -0.2) is 36.2 Å². The van der Waals surface area contributed by atoms with E-state index in [1.165, 1.54) is 0 Å². The molecule has 6 heteroatoms. The highest BCUT2D eigenvalue weighted by Crippen LogP contribution is 2.28. The molecule has 1 atom stereocenters. The van der Waals surface area contributed by atoms with Crippen LogP contribution in [0.2, 0.25) is 0 Å². The van der Waals surface area contributed by atoms with Gasteiger partial charge in [-0.15, -0.1) is 0 Å². The highest BCUT2D eigenvalue weighted by molar-refractivity contribution is 5.73. The minimum atomic E-state index is -1.02. The smallest absolute Gasteiger partial charge is 0.320 e. The van der Waals surface area contributed by atoms with Crippen LogP contribution >= 0.6 is 0 Å². The lowest BCUT2D eigenvalue weighted by Crippen LogP contribution is -2.32. The molecule has 0 aliphatic heterocycles. The summed E-state index contributed by atoms with van der Waals surface area (Å²) in [6.45, 7) is 0. The second-order valence-electron chi connectivity index (χ2n) is 6.73. The van der Waals surface area contributed by atoms with Gasteiger partial charge in [0.1, 0.15) is 23.4 Å². The molecule has 3 rings (SSSR count). The summed E-state index contributed by atoms with van der Waals surface area (Å²) in [5.74, 6) is 1.20. The van der Waals surface area contributed by atoms with Crippen LogP contribution in [-0.2, 0) is 11.2 Å². The number of aliphatic carboxylic acids is 1. The maximum absolute atomic E-state index is 10.9. The molecular formula is C22H23N3O3. The quantitative estimate of drug-likeness (QED) is 0.654. The molecule has 0 spiro atoms. The number of nitrogens with zero attached hydrogens (tertiary/aromatic N) is 2. The van der Waals surface area contributed by atoms with Crippen molar-refractivity contribution in [3.05, 3.63) is 72.4 Å². The third-order valence-corrected chi connectivity index (χ3v) is 4.28. The minimum Gasteiger partial charge on any atom is -0.480 e. The fourth-order valence-electron chi connectivity index (χ4n) is 2.77. The van der Waals surface area contributed by atoms with Crippen LogP contribution in [0.5, 0.6) is 11.5 Å². The zero-order valence-corrected chi connectivity index (χ0v) is 15.9. The zero-order chi connectivity index (χ0) is 20.1. The van der Waals surface area contributed by atoms with E-state index in [-0.39, 0.29) is 6.42 Å². The van der Waals surface area contributed by atoms with E-state index >= 15 is 0 Å². The Morgan fingerprint density at radius 3 is 2.43 bits per heavy atom. The predicted octanol–water partition coefficient (Wildman–Crippen LogP) is 3.56. The summed E-state index contributed by atoms with van der Waals surface area (Å²) in [6.07, 6.45) is 2.08. The largest absolute Gasteiger partial charge is 0.480 e. The molecule has 0 fully saturated rings. The Kier molecular flexibility index (Phi) is 5.91. The molecule has 6 nitrogen and oxygen atoms in total. The Bertz CT molecular complexity index is 955. The number of carbonyl (C=O) groups is 1. The van der Waals surface area contributed by atoms with Gasteiger partial charge in [0.05, 0.1) is 0 Å². The van der Waals surface area contributed by atoms with Crippen molar-refractivity contribution in [2.24, 2.45) is 5.73 Å². The molecule has 0 saturated carbocycles. The van der Waals surface area contributed by atoms with Gasteiger partial charge in [-0.2, -0.15) is 0 Å². The molecule has 0 radical (unpaired) electrons. The third kappa shape index (κ3) is 4.86. The molecule has 0 bridgehead atoms. The summed E-state index contributed by atoms with van der Waals surface area (Å²) in [4.78, 5) is 17.3. The van der Waals surface area contributed by atoms with Gasteiger partial charge in [0, 0.05) is 25.9 Å². The molecule has 1 aromatic heterocycles. The van der Waals surface area contributed by atoms with E-state index < -0.39 is 12.0 Å². The number of hydrogen-bond donors (Lipinski definition) is 2. The van der Waals surface area contributed by atoms with Crippen LogP contribution in [0.25, 0.3) is 11.1 Å². The lowest BCUT2D eigenvalue weighted by molar-refractivity contribution is -0.138. The van der Waals surface area contributed by atoms with Gasteiger partial charge in [-0.25, -0.2) is 4.98 Å². The van der Waals surface area contributed by atoms with E-state index in [0.29, 0.717) is 11.5 Å². The minimum absolute atomic E-state index is 0.246. The first kappa shape index (κ1) is 19.4. The van der Waals surface area contributed by atoms with Crippen molar-refractivity contribution >= 4 is 11.8 Å². The van der Waals surface area contributed by atoms with Crippen LogP contribution in [0.4, 0.5) is 5.82 Å². The average molecular weight is 377 g/mol. The van der Waals surface area contributed by atoms with Gasteiger partial charge in [-0.1, -0.05) is 24.3 Å². The number of benzene rings is 2. The molecule has 0 amide bonds. The summed E-state index contributed by atoms with van der Waals surface area (Å²) in [7, 11) is 3.90. The molecular weight excluding hydrogens is 354 g/mol. The molecule has 0 unspecified atom stereocenters. The normalized spacial score (nSPS) is 11.7. The first-order valence-corrected chi connectivity index (χ1v) is 8.91. The molecule has 1 heterocycles. The van der Waals surface area contributed by atoms with Gasteiger partial charge in [0.15, 0.2) is 0 Å². The summed E-state index contributed by atoms with van der Waals surface area (Å²) in [5.41, 5.74) is 8.42. The zero-order valence-electron chi connectivity index (χ0n) is 15.9. The first-order valence-electron chi connectivity index (χ1n) is 8.91. The Morgan fingerprint density at radius 1 is 1.07 bits per heavy atom. The average Bonchev–Trinajstić information content (AvgIpc) is 2.68. The number of pyridine rings is 1. The van der Waals surface area contributed by atoms with Crippen LogP contribution < -0.4 is 15.4 Å². The van der Waals surface area contributed by atoms with E-state index in [4.69, 9.17) is 15.6 Å². The Morgan fingerprint density at radius 2 is 1.79 bits per heavy atom. The molecule has 28 heavy (non-hydrogen) atoms. The van der Waals surface area contributed by atoms with Crippen molar-refractivity contribution in [3.63, 3.8) is 0 Å². The Balaban J connectivity index is 1.77. The summed E-state index contributed by atoms with van der Waals surface area (Å²) >= 11 is 0. The maximum atomic E-state index is 10.9. The summed E-state index contributed by atoms with van der Waals surface area (Å²) in [5, 5.41) is 8.97. The van der Waals surface area contributed by atoms with Crippen molar-refractivity contribution in [2.45, 2.75) is 12.5 Å². The number of anilines is 1. The molecule has 0 saturated heterocycles. The van der Waals surface area contributed by atoms with Crippen molar-refractivity contribution in [1.82, 2.24) is 4.98 Å². The lowest BCUT2D eigenvalue weighted by atomic mass is 10.1. The number of carboxylic acids is 1. The second kappa shape index (κ2) is 8.54. The van der Waals surface area contributed by atoms with Gasteiger partial charge >= 0.3 is 5.97 Å². The maximum Gasteiger partial charge on any atom is 0.320 e. The summed E-state index contributed by atoms with van der Waals surface area (Å²) in [6, 6.07) is 18.1. The van der Waals surface area contributed by atoms with E-state index in [1.807, 2.05) is 85.9 Å². The molecule has 2 aromatic carbocycles. The molecule has 3 N–H and O–H groups in total. The van der Waals surface area contributed by atoms with Crippen LogP contribution in [0.15, 0.2) is 66.9 Å². The van der Waals surface area contributed by atoms with Crippen molar-refractivity contribution in [3.8, 4) is 22.6 Å². The lowest BCUT2D eigenvalue weighted by Gasteiger charge is -2.12. The predicted molar refractivity (Wildman–Crippen MR) is 110 cm³/mol.